The SMILES string of the molecule is Cc1cc(=O)[nH]c(CCNC(=O)[C@@H]2CCC[C@@H](O)C2)n1. The molecule has 6 nitrogen and oxygen atoms in total. The van der Waals surface area contributed by atoms with Crippen molar-refractivity contribution in [1.29, 1.82) is 0 Å². The maximum absolute atomic E-state index is 12.0. The first-order valence-corrected chi connectivity index (χ1v) is 7.07. The van der Waals surface area contributed by atoms with E-state index in [0.29, 0.717) is 30.9 Å². The maximum Gasteiger partial charge on any atom is 0.251 e. The summed E-state index contributed by atoms with van der Waals surface area (Å²) in [7, 11) is 0. The largest absolute Gasteiger partial charge is 0.393 e. The molecule has 1 amide bonds. The molecule has 3 N–H and O–H groups in total. The molecule has 0 saturated heterocycles. The van der Waals surface area contributed by atoms with E-state index in [1.54, 1.807) is 6.92 Å². The number of rotatable bonds is 4. The third-order valence-electron chi connectivity index (χ3n) is 3.60. The molecule has 1 saturated carbocycles. The lowest BCUT2D eigenvalue weighted by molar-refractivity contribution is -0.127. The zero-order valence-electron chi connectivity index (χ0n) is 11.7. The first-order chi connectivity index (χ1) is 9.54. The highest BCUT2D eigenvalue weighted by Gasteiger charge is 2.25. The van der Waals surface area contributed by atoms with E-state index >= 15 is 0 Å². The fourth-order valence-corrected chi connectivity index (χ4v) is 2.61. The zero-order chi connectivity index (χ0) is 14.5. The number of carbonyl (C=O) groups is 1. The summed E-state index contributed by atoms with van der Waals surface area (Å²) >= 11 is 0. The molecule has 2 atom stereocenters. The number of H-pyrrole nitrogens is 1. The Morgan fingerprint density at radius 2 is 2.35 bits per heavy atom. The van der Waals surface area contributed by atoms with Crippen molar-refractivity contribution in [2.75, 3.05) is 6.54 Å². The Morgan fingerprint density at radius 1 is 1.55 bits per heavy atom. The molecule has 1 aromatic heterocycles. The molecule has 110 valence electrons. The van der Waals surface area contributed by atoms with Gasteiger partial charge in [-0.1, -0.05) is 6.42 Å². The second-order valence-corrected chi connectivity index (χ2v) is 5.39. The van der Waals surface area contributed by atoms with Crippen molar-refractivity contribution in [2.24, 2.45) is 5.92 Å². The molecule has 0 radical (unpaired) electrons. The van der Waals surface area contributed by atoms with Gasteiger partial charge in [0.05, 0.1) is 6.10 Å². The summed E-state index contributed by atoms with van der Waals surface area (Å²) in [4.78, 5) is 30.1. The van der Waals surface area contributed by atoms with Crippen LogP contribution >= 0.6 is 0 Å². The topological polar surface area (TPSA) is 95.1 Å². The van der Waals surface area contributed by atoms with Crippen LogP contribution in [0.1, 0.15) is 37.2 Å². The van der Waals surface area contributed by atoms with Gasteiger partial charge in [0.2, 0.25) is 5.91 Å². The number of nitrogens with zero attached hydrogens (tertiary/aromatic N) is 1. The molecule has 6 heteroatoms. The predicted molar refractivity (Wildman–Crippen MR) is 74.3 cm³/mol. The lowest BCUT2D eigenvalue weighted by Crippen LogP contribution is -2.36. The molecular formula is C14H21N3O3. The van der Waals surface area contributed by atoms with E-state index in [1.165, 1.54) is 6.07 Å². The van der Waals surface area contributed by atoms with Gasteiger partial charge in [-0.2, -0.15) is 0 Å². The van der Waals surface area contributed by atoms with E-state index in [2.05, 4.69) is 15.3 Å². The normalized spacial score (nSPS) is 22.5. The van der Waals surface area contributed by atoms with Crippen molar-refractivity contribution >= 4 is 5.91 Å². The minimum atomic E-state index is -0.353. The highest BCUT2D eigenvalue weighted by molar-refractivity contribution is 5.78. The van der Waals surface area contributed by atoms with Crippen molar-refractivity contribution in [2.45, 2.75) is 45.1 Å². The molecule has 2 rings (SSSR count). The van der Waals surface area contributed by atoms with Crippen LogP contribution in [0.15, 0.2) is 10.9 Å². The summed E-state index contributed by atoms with van der Waals surface area (Å²) in [5.74, 6) is 0.473. The third kappa shape index (κ3) is 4.16. The Balaban J connectivity index is 1.80. The summed E-state index contributed by atoms with van der Waals surface area (Å²) in [6.07, 6.45) is 3.21. The molecule has 1 aliphatic carbocycles. The minimum Gasteiger partial charge on any atom is -0.393 e. The molecule has 0 bridgehead atoms. The van der Waals surface area contributed by atoms with Gasteiger partial charge in [-0.3, -0.25) is 9.59 Å². The Morgan fingerprint density at radius 3 is 3.05 bits per heavy atom. The minimum absolute atomic E-state index is 0.0150. The number of nitrogens with one attached hydrogen (secondary N) is 2. The van der Waals surface area contributed by atoms with Crippen LogP contribution in [0.3, 0.4) is 0 Å². The Kier molecular flexibility index (Phi) is 4.89. The number of aryl methyl sites for hydroxylation is 1. The smallest absolute Gasteiger partial charge is 0.251 e. The van der Waals surface area contributed by atoms with Crippen molar-refractivity contribution in [3.63, 3.8) is 0 Å². The fraction of sp³-hybridized carbons (Fsp3) is 0.643. The van der Waals surface area contributed by atoms with Crippen LogP contribution in [0.5, 0.6) is 0 Å². The van der Waals surface area contributed by atoms with Crippen LogP contribution in [0, 0.1) is 12.8 Å². The number of amides is 1. The Bertz CT molecular complexity index is 527. The van der Waals surface area contributed by atoms with Gasteiger partial charge >= 0.3 is 0 Å². The second-order valence-electron chi connectivity index (χ2n) is 5.39. The first kappa shape index (κ1) is 14.7. The second kappa shape index (κ2) is 6.65. The van der Waals surface area contributed by atoms with Crippen molar-refractivity contribution in [1.82, 2.24) is 15.3 Å². The van der Waals surface area contributed by atoms with Gasteiger partial charge in [0.1, 0.15) is 5.82 Å². The summed E-state index contributed by atoms with van der Waals surface area (Å²) in [6, 6.07) is 1.44. The highest BCUT2D eigenvalue weighted by atomic mass is 16.3. The van der Waals surface area contributed by atoms with Gasteiger partial charge in [0, 0.05) is 30.6 Å². The lowest BCUT2D eigenvalue weighted by Gasteiger charge is -2.24. The van der Waals surface area contributed by atoms with Crippen LogP contribution < -0.4 is 10.9 Å². The molecule has 1 aliphatic rings. The molecule has 1 fully saturated rings. The Hall–Kier alpha value is -1.69. The molecular weight excluding hydrogens is 258 g/mol. The van der Waals surface area contributed by atoms with E-state index in [9.17, 15) is 14.7 Å². The average molecular weight is 279 g/mol. The summed E-state index contributed by atoms with van der Waals surface area (Å²) < 4.78 is 0. The summed E-state index contributed by atoms with van der Waals surface area (Å²) in [5.41, 5.74) is 0.500. The fourth-order valence-electron chi connectivity index (χ4n) is 2.61. The van der Waals surface area contributed by atoms with Gasteiger partial charge in [-0.25, -0.2) is 4.98 Å². The van der Waals surface area contributed by atoms with Gasteiger partial charge < -0.3 is 15.4 Å². The lowest BCUT2D eigenvalue weighted by atomic mass is 9.87. The number of aromatic nitrogens is 2. The van der Waals surface area contributed by atoms with E-state index in [4.69, 9.17) is 0 Å². The van der Waals surface area contributed by atoms with E-state index in [0.717, 1.165) is 19.3 Å². The molecule has 20 heavy (non-hydrogen) atoms. The molecule has 0 spiro atoms. The maximum atomic E-state index is 12.0. The van der Waals surface area contributed by atoms with Crippen molar-refractivity contribution < 1.29 is 9.90 Å². The van der Waals surface area contributed by atoms with Gasteiger partial charge in [-0.05, 0) is 26.2 Å². The van der Waals surface area contributed by atoms with Crippen molar-refractivity contribution in [3.8, 4) is 0 Å². The number of aromatic amines is 1. The highest BCUT2D eigenvalue weighted by Crippen LogP contribution is 2.24. The molecule has 1 heterocycles. The number of carbonyl (C=O) groups excluding carboxylic acids is 1. The van der Waals surface area contributed by atoms with Crippen LogP contribution in [-0.2, 0) is 11.2 Å². The number of hydrogen-bond donors (Lipinski definition) is 3. The molecule has 1 aromatic rings. The van der Waals surface area contributed by atoms with Crippen LogP contribution in [0.4, 0.5) is 0 Å². The summed E-state index contributed by atoms with van der Waals surface area (Å²) in [5, 5.41) is 12.4. The Labute approximate surface area is 117 Å². The van der Waals surface area contributed by atoms with Gasteiger partial charge in [-0.15, -0.1) is 0 Å². The third-order valence-corrected chi connectivity index (χ3v) is 3.60. The average Bonchev–Trinajstić information content (AvgIpc) is 2.37. The van der Waals surface area contributed by atoms with E-state index in [1.807, 2.05) is 0 Å². The quantitative estimate of drug-likeness (QED) is 0.738. The number of aliphatic hydroxyl groups is 1. The standard InChI is InChI=1S/C14H21N3O3/c1-9-7-13(19)17-12(16-9)5-6-15-14(20)10-3-2-4-11(18)8-10/h7,10-11,18H,2-6,8H2,1H3,(H,15,20)(H,16,17,19)/t10-,11-/m1/s1. The van der Waals surface area contributed by atoms with Gasteiger partial charge in [0.25, 0.3) is 5.56 Å². The van der Waals surface area contributed by atoms with Gasteiger partial charge in [0.15, 0.2) is 0 Å². The zero-order valence-corrected chi connectivity index (χ0v) is 11.7. The first-order valence-electron chi connectivity index (χ1n) is 7.07. The molecule has 0 aromatic carbocycles. The monoisotopic (exact) mass is 279 g/mol. The van der Waals surface area contributed by atoms with Crippen molar-refractivity contribution in [3.05, 3.63) is 27.9 Å². The van der Waals surface area contributed by atoms with Crippen LogP contribution in [0.2, 0.25) is 0 Å². The van der Waals surface area contributed by atoms with E-state index in [-0.39, 0.29) is 23.5 Å². The molecule has 0 aliphatic heterocycles. The number of aliphatic hydroxyl groups excluding tert-OH is 1. The van der Waals surface area contributed by atoms with Crippen LogP contribution in [0.25, 0.3) is 0 Å². The van der Waals surface area contributed by atoms with E-state index < -0.39 is 0 Å². The van der Waals surface area contributed by atoms with Crippen LogP contribution in [-0.4, -0.2) is 33.6 Å². The predicted octanol–water partition coefficient (Wildman–Crippen LogP) is 0.288. The summed E-state index contributed by atoms with van der Waals surface area (Å²) in [6.45, 7) is 2.21. The number of hydrogen-bond acceptors (Lipinski definition) is 4. The molecule has 0 unspecified atom stereocenters.